The third kappa shape index (κ3) is 4.98. The minimum atomic E-state index is 0.959. The Balaban J connectivity index is 0.000000686. The Labute approximate surface area is 109 Å². The summed E-state index contributed by atoms with van der Waals surface area (Å²) in [6, 6.07) is 8.09. The van der Waals surface area contributed by atoms with Crippen LogP contribution in [-0.4, -0.2) is 30.5 Å². The number of hydrogen-bond donors (Lipinski definition) is 1. The molecule has 1 N–H and O–H groups in total. The van der Waals surface area contributed by atoms with Gasteiger partial charge in [-0.3, -0.25) is 0 Å². The number of benzene rings is 1. The molecule has 0 aromatic heterocycles. The second-order valence-corrected chi connectivity index (χ2v) is 4.43. The molecule has 1 aromatic carbocycles. The largest absolute Gasteiger partial charge is 0.409 e. The van der Waals surface area contributed by atoms with E-state index >= 15 is 0 Å². The lowest BCUT2D eigenvalue weighted by Gasteiger charge is -2.24. The molecule has 0 radical (unpaired) electrons. The summed E-state index contributed by atoms with van der Waals surface area (Å²) < 4.78 is 7.93. The van der Waals surface area contributed by atoms with Gasteiger partial charge in [-0.05, 0) is 18.6 Å². The Bertz CT molecular complexity index is 314. The van der Waals surface area contributed by atoms with Crippen molar-refractivity contribution in [3.05, 3.63) is 29.8 Å². The molecule has 1 aliphatic heterocycles. The van der Waals surface area contributed by atoms with E-state index in [4.69, 9.17) is 4.18 Å². The highest BCUT2D eigenvalue weighted by Gasteiger charge is 2.11. The van der Waals surface area contributed by atoms with Crippen molar-refractivity contribution in [1.29, 1.82) is 0 Å². The van der Waals surface area contributed by atoms with E-state index in [0.29, 0.717) is 0 Å². The van der Waals surface area contributed by atoms with Crippen LogP contribution in [0.4, 0.5) is 0 Å². The summed E-state index contributed by atoms with van der Waals surface area (Å²) in [5.41, 5.74) is 1.18. The van der Waals surface area contributed by atoms with E-state index in [-0.39, 0.29) is 0 Å². The average Bonchev–Trinajstić information content (AvgIpc) is 2.41. The third-order valence-corrected chi connectivity index (χ3v) is 3.23. The van der Waals surface area contributed by atoms with Crippen LogP contribution >= 0.6 is 12.2 Å². The Kier molecular flexibility index (Phi) is 7.08. The molecule has 17 heavy (non-hydrogen) atoms. The monoisotopic (exact) mass is 254 g/mol. The Hall–Kier alpha value is -0.710. The molecule has 96 valence electrons. The standard InChI is InChI=1S/C11H16N2OS.C2H6/c1-10-4-2-3-5-11(10)14-15-13-8-6-12-7-9-13;1-2/h2-5,12H,6-9H2,1H3;1-2H3. The van der Waals surface area contributed by atoms with Gasteiger partial charge in [-0.2, -0.15) is 0 Å². The van der Waals surface area contributed by atoms with Gasteiger partial charge in [-0.1, -0.05) is 32.0 Å². The van der Waals surface area contributed by atoms with Crippen molar-refractivity contribution < 1.29 is 4.18 Å². The van der Waals surface area contributed by atoms with Crippen molar-refractivity contribution in [3.63, 3.8) is 0 Å². The van der Waals surface area contributed by atoms with Crippen molar-refractivity contribution >= 4 is 12.2 Å². The molecule has 2 rings (SSSR count). The first-order chi connectivity index (χ1) is 8.36. The van der Waals surface area contributed by atoms with Crippen LogP contribution in [0.2, 0.25) is 0 Å². The molecule has 1 aromatic rings. The predicted octanol–water partition coefficient (Wildman–Crippen LogP) is 2.87. The minimum Gasteiger partial charge on any atom is -0.409 e. The highest BCUT2D eigenvalue weighted by Crippen LogP contribution is 2.22. The van der Waals surface area contributed by atoms with Gasteiger partial charge in [0, 0.05) is 26.2 Å². The fourth-order valence-electron chi connectivity index (χ4n) is 1.46. The van der Waals surface area contributed by atoms with Gasteiger partial charge in [-0.25, -0.2) is 4.31 Å². The van der Waals surface area contributed by atoms with E-state index in [0.717, 1.165) is 31.9 Å². The number of para-hydroxylation sites is 1. The zero-order valence-electron chi connectivity index (χ0n) is 10.9. The van der Waals surface area contributed by atoms with Crippen molar-refractivity contribution in [2.45, 2.75) is 20.8 Å². The van der Waals surface area contributed by atoms with Crippen LogP contribution in [0.5, 0.6) is 5.75 Å². The summed E-state index contributed by atoms with van der Waals surface area (Å²) in [7, 11) is 0. The summed E-state index contributed by atoms with van der Waals surface area (Å²) in [5, 5.41) is 3.31. The van der Waals surface area contributed by atoms with Crippen molar-refractivity contribution in [2.24, 2.45) is 0 Å². The molecule has 0 saturated carbocycles. The maximum Gasteiger partial charge on any atom is 0.146 e. The summed E-state index contributed by atoms with van der Waals surface area (Å²) in [6.45, 7) is 10.2. The first-order valence-corrected chi connectivity index (χ1v) is 6.92. The molecule has 1 heterocycles. The normalized spacial score (nSPS) is 15.9. The summed E-state index contributed by atoms with van der Waals surface area (Å²) >= 11 is 1.46. The number of nitrogens with one attached hydrogen (secondary N) is 1. The lowest BCUT2D eigenvalue weighted by Crippen LogP contribution is -2.40. The molecule has 3 nitrogen and oxygen atoms in total. The number of aryl methyl sites for hydroxylation is 1. The maximum atomic E-state index is 5.69. The van der Waals surface area contributed by atoms with Gasteiger partial charge in [0.15, 0.2) is 0 Å². The van der Waals surface area contributed by atoms with Crippen molar-refractivity contribution in [2.75, 3.05) is 26.2 Å². The van der Waals surface area contributed by atoms with E-state index in [1.165, 1.54) is 17.8 Å². The summed E-state index contributed by atoms with van der Waals surface area (Å²) in [5.74, 6) is 0.959. The van der Waals surface area contributed by atoms with Crippen LogP contribution in [-0.2, 0) is 0 Å². The molecule has 0 atom stereocenters. The van der Waals surface area contributed by atoms with Gasteiger partial charge in [0.05, 0.1) is 0 Å². The predicted molar refractivity (Wildman–Crippen MR) is 75.2 cm³/mol. The van der Waals surface area contributed by atoms with Gasteiger partial charge in [-0.15, -0.1) is 0 Å². The quantitative estimate of drug-likeness (QED) is 0.662. The Morgan fingerprint density at radius 2 is 1.82 bits per heavy atom. The van der Waals surface area contributed by atoms with E-state index < -0.39 is 0 Å². The summed E-state index contributed by atoms with van der Waals surface area (Å²) in [6.07, 6.45) is 0. The average molecular weight is 254 g/mol. The van der Waals surface area contributed by atoms with Gasteiger partial charge in [0.1, 0.15) is 18.0 Å². The molecular weight excluding hydrogens is 232 g/mol. The van der Waals surface area contributed by atoms with E-state index in [1.54, 1.807) is 0 Å². The second-order valence-electron chi connectivity index (χ2n) is 3.60. The van der Waals surface area contributed by atoms with Crippen molar-refractivity contribution in [1.82, 2.24) is 9.62 Å². The number of nitrogens with zero attached hydrogens (tertiary/aromatic N) is 1. The molecule has 1 fully saturated rings. The van der Waals surface area contributed by atoms with Gasteiger partial charge in [0.2, 0.25) is 0 Å². The van der Waals surface area contributed by atoms with Gasteiger partial charge >= 0.3 is 0 Å². The van der Waals surface area contributed by atoms with Crippen LogP contribution in [0.15, 0.2) is 24.3 Å². The zero-order chi connectivity index (χ0) is 12.5. The SMILES string of the molecule is CC.Cc1ccccc1OSN1CCNCC1. The van der Waals surface area contributed by atoms with E-state index in [1.807, 2.05) is 32.0 Å². The van der Waals surface area contributed by atoms with Crippen molar-refractivity contribution in [3.8, 4) is 5.75 Å². The lowest BCUT2D eigenvalue weighted by atomic mass is 10.2. The molecule has 0 unspecified atom stereocenters. The van der Waals surface area contributed by atoms with Gasteiger partial charge in [0.25, 0.3) is 0 Å². The van der Waals surface area contributed by atoms with Gasteiger partial charge < -0.3 is 9.50 Å². The Morgan fingerprint density at radius 3 is 2.47 bits per heavy atom. The Morgan fingerprint density at radius 1 is 1.18 bits per heavy atom. The molecule has 0 bridgehead atoms. The first-order valence-electron chi connectivity index (χ1n) is 6.22. The molecule has 4 heteroatoms. The van der Waals surface area contributed by atoms with Crippen LogP contribution in [0, 0.1) is 6.92 Å². The molecular formula is C13H22N2OS. The molecule has 0 spiro atoms. The number of piperazine rings is 1. The zero-order valence-corrected chi connectivity index (χ0v) is 11.7. The second kappa shape index (κ2) is 8.39. The fourth-order valence-corrected chi connectivity index (χ4v) is 2.17. The number of rotatable bonds is 3. The first kappa shape index (κ1) is 14.4. The molecule has 0 amide bonds. The maximum absolute atomic E-state index is 5.69. The highest BCUT2D eigenvalue weighted by atomic mass is 32.2. The van der Waals surface area contributed by atoms with Crippen LogP contribution in [0.1, 0.15) is 19.4 Å². The fraction of sp³-hybridized carbons (Fsp3) is 0.538. The molecule has 1 aliphatic rings. The lowest BCUT2D eigenvalue weighted by molar-refractivity contribution is 0.379. The van der Waals surface area contributed by atoms with Crippen LogP contribution in [0.25, 0.3) is 0 Å². The molecule has 0 aliphatic carbocycles. The highest BCUT2D eigenvalue weighted by molar-refractivity contribution is 7.92. The topological polar surface area (TPSA) is 24.5 Å². The van der Waals surface area contributed by atoms with Crippen LogP contribution in [0.3, 0.4) is 0 Å². The smallest absolute Gasteiger partial charge is 0.146 e. The van der Waals surface area contributed by atoms with E-state index in [2.05, 4.69) is 22.6 Å². The van der Waals surface area contributed by atoms with Crippen LogP contribution < -0.4 is 9.50 Å². The molecule has 1 saturated heterocycles. The minimum absolute atomic E-state index is 0.959. The van der Waals surface area contributed by atoms with E-state index in [9.17, 15) is 0 Å². The third-order valence-electron chi connectivity index (χ3n) is 2.40. The number of hydrogen-bond acceptors (Lipinski definition) is 4. The summed E-state index contributed by atoms with van der Waals surface area (Å²) in [4.78, 5) is 0.